The van der Waals surface area contributed by atoms with Gasteiger partial charge in [-0.15, -0.1) is 10.2 Å². The Balaban J connectivity index is 0.000000902. The molecule has 0 unspecified atom stereocenters. The van der Waals surface area contributed by atoms with Crippen molar-refractivity contribution in [2.75, 3.05) is 0 Å². The first-order valence-corrected chi connectivity index (χ1v) is 4.98. The Hall–Kier alpha value is -0.934. The molecule has 0 saturated carbocycles. The molecule has 7 nitrogen and oxygen atoms in total. The van der Waals surface area contributed by atoms with Crippen LogP contribution in [0.15, 0.2) is 29.3 Å². The number of pyridine rings is 1. The van der Waals surface area contributed by atoms with Crippen LogP contribution in [0.3, 0.4) is 0 Å². The molecule has 3 rings (SSSR count). The van der Waals surface area contributed by atoms with Gasteiger partial charge in [0.15, 0.2) is 0 Å². The molecule has 0 fully saturated rings. The van der Waals surface area contributed by atoms with Crippen molar-refractivity contribution in [3.8, 4) is 11.4 Å². The van der Waals surface area contributed by atoms with Gasteiger partial charge in [-0.2, -0.15) is 5.21 Å². The molecule has 0 amide bonds. The number of H-pyrrole nitrogens is 1. The zero-order chi connectivity index (χ0) is 11.8. The zero-order valence-corrected chi connectivity index (χ0v) is 13.1. The Morgan fingerprint density at radius 1 is 1.44 bits per heavy atom. The molecule has 0 atom stereocenters. The fourth-order valence-corrected chi connectivity index (χ4v) is 1.68. The van der Waals surface area contributed by atoms with Crippen LogP contribution in [0, 0.1) is 6.92 Å². The van der Waals surface area contributed by atoms with E-state index in [1.807, 2.05) is 13.0 Å². The van der Waals surface area contributed by atoms with E-state index in [0.717, 1.165) is 5.56 Å². The minimum absolute atomic E-state index is 0. The molecule has 0 spiro atoms. The largest absolute Gasteiger partial charge is 0.269 e. The fourth-order valence-electron chi connectivity index (χ4n) is 1.68. The summed E-state index contributed by atoms with van der Waals surface area (Å²) in [5.41, 5.74) is 1.68. The molecule has 3 aromatic rings. The SMILES string of the molecule is Cc1cccn2c(=O)c(-c3nn[nH]n3)cnc12.[HH].[K]. The molecule has 8 heteroatoms. The summed E-state index contributed by atoms with van der Waals surface area (Å²) in [4.78, 5) is 16.4. The molecule has 0 aliphatic carbocycles. The second kappa shape index (κ2) is 5.37. The molecule has 0 aromatic carbocycles. The average molecular weight is 269 g/mol. The number of aromatic amines is 1. The Morgan fingerprint density at radius 3 is 3.00 bits per heavy atom. The summed E-state index contributed by atoms with van der Waals surface area (Å²) in [7, 11) is 0. The molecular weight excluding hydrogens is 259 g/mol. The van der Waals surface area contributed by atoms with Crippen molar-refractivity contribution in [3.63, 3.8) is 0 Å². The molecule has 3 heterocycles. The maximum absolute atomic E-state index is 12.2. The first kappa shape index (κ1) is 13.5. The second-order valence-corrected chi connectivity index (χ2v) is 3.60. The van der Waals surface area contributed by atoms with Gasteiger partial charge in [0, 0.05) is 65.2 Å². The molecule has 1 N–H and O–H groups in total. The van der Waals surface area contributed by atoms with E-state index in [4.69, 9.17) is 0 Å². The van der Waals surface area contributed by atoms with Gasteiger partial charge in [-0.25, -0.2) is 4.98 Å². The summed E-state index contributed by atoms with van der Waals surface area (Å²) >= 11 is 0. The minimum atomic E-state index is -0.208. The van der Waals surface area contributed by atoms with E-state index in [1.54, 1.807) is 12.3 Å². The quantitative estimate of drug-likeness (QED) is 0.630. The van der Waals surface area contributed by atoms with Crippen LogP contribution >= 0.6 is 0 Å². The Morgan fingerprint density at radius 2 is 2.28 bits per heavy atom. The smallest absolute Gasteiger partial charge is 0.268 e. The van der Waals surface area contributed by atoms with Crippen LogP contribution in [0.2, 0.25) is 0 Å². The predicted molar refractivity (Wildman–Crippen MR) is 67.2 cm³/mol. The predicted octanol–water partition coefficient (Wildman–Crippen LogP) is 0.0482. The van der Waals surface area contributed by atoms with Gasteiger partial charge in [-0.05, 0) is 23.8 Å². The summed E-state index contributed by atoms with van der Waals surface area (Å²) in [6, 6.07) is 3.70. The van der Waals surface area contributed by atoms with E-state index in [1.165, 1.54) is 10.6 Å². The summed E-state index contributed by atoms with van der Waals surface area (Å²) in [6.07, 6.45) is 3.14. The number of nitrogens with one attached hydrogen (secondary N) is 1. The third-order valence-electron chi connectivity index (χ3n) is 2.51. The first-order chi connectivity index (χ1) is 8.27. The van der Waals surface area contributed by atoms with Gasteiger partial charge in [-0.1, -0.05) is 6.07 Å². The van der Waals surface area contributed by atoms with E-state index in [2.05, 4.69) is 25.6 Å². The summed E-state index contributed by atoms with van der Waals surface area (Å²) < 4.78 is 1.47. The van der Waals surface area contributed by atoms with Gasteiger partial charge in [0.1, 0.15) is 11.2 Å². The number of tetrazole rings is 1. The number of hydrogen-bond donors (Lipinski definition) is 1. The van der Waals surface area contributed by atoms with Crippen LogP contribution in [0.5, 0.6) is 0 Å². The van der Waals surface area contributed by atoms with E-state index in [-0.39, 0.29) is 64.2 Å². The Bertz CT molecular complexity index is 741. The number of nitrogens with zero attached hydrogens (tertiary/aromatic N) is 5. The van der Waals surface area contributed by atoms with Crippen molar-refractivity contribution in [3.05, 3.63) is 40.4 Å². The maximum Gasteiger partial charge on any atom is 0.269 e. The monoisotopic (exact) mass is 269 g/mol. The molecular formula is C10H10KN6O. The van der Waals surface area contributed by atoms with E-state index in [9.17, 15) is 4.79 Å². The van der Waals surface area contributed by atoms with Crippen LogP contribution in [-0.2, 0) is 0 Å². The molecule has 0 aliphatic rings. The first-order valence-electron chi connectivity index (χ1n) is 4.98. The molecule has 18 heavy (non-hydrogen) atoms. The number of rotatable bonds is 1. The van der Waals surface area contributed by atoms with Crippen molar-refractivity contribution in [1.82, 2.24) is 30.0 Å². The fraction of sp³-hybridized carbons (Fsp3) is 0.100. The maximum atomic E-state index is 12.2. The van der Waals surface area contributed by atoms with Crippen molar-refractivity contribution in [2.45, 2.75) is 6.92 Å². The third-order valence-corrected chi connectivity index (χ3v) is 2.51. The van der Waals surface area contributed by atoms with Crippen LogP contribution in [0.4, 0.5) is 0 Å². The van der Waals surface area contributed by atoms with Crippen molar-refractivity contribution >= 4 is 57.0 Å². The summed E-state index contributed by atoms with van der Waals surface area (Å²) in [6.45, 7) is 1.90. The molecule has 0 bridgehead atoms. The van der Waals surface area contributed by atoms with E-state index >= 15 is 0 Å². The molecule has 0 aliphatic heterocycles. The topological polar surface area (TPSA) is 88.8 Å². The van der Waals surface area contributed by atoms with Gasteiger partial charge >= 0.3 is 0 Å². The van der Waals surface area contributed by atoms with Crippen molar-refractivity contribution in [2.24, 2.45) is 0 Å². The number of aryl methyl sites for hydroxylation is 1. The second-order valence-electron chi connectivity index (χ2n) is 3.60. The van der Waals surface area contributed by atoms with E-state index < -0.39 is 0 Å². The standard InChI is InChI=1S/C10H8N6O.K.H2/c1-6-3-2-4-16-9(6)11-5-7(10(16)17)8-12-14-15-13-8;;/h2-5H,1H3,(H,12,13,14,15);;1H. The molecule has 87 valence electrons. The average Bonchev–Trinajstić information content (AvgIpc) is 2.84. The number of hydrogen-bond acceptors (Lipinski definition) is 5. The summed E-state index contributed by atoms with van der Waals surface area (Å²) in [5, 5.41) is 13.3. The van der Waals surface area contributed by atoms with Crippen LogP contribution in [0.1, 0.15) is 6.99 Å². The van der Waals surface area contributed by atoms with Gasteiger partial charge in [-0.3, -0.25) is 9.20 Å². The van der Waals surface area contributed by atoms with Crippen LogP contribution < -0.4 is 5.56 Å². The molecule has 1 radical (unpaired) electrons. The molecule has 3 aromatic heterocycles. The van der Waals surface area contributed by atoms with E-state index in [0.29, 0.717) is 11.2 Å². The third kappa shape index (κ3) is 2.17. The minimum Gasteiger partial charge on any atom is -0.268 e. The Labute approximate surface area is 146 Å². The summed E-state index contributed by atoms with van der Waals surface area (Å²) in [5.74, 6) is 0.249. The zero-order valence-electron chi connectivity index (χ0n) is 9.95. The number of fused-ring (bicyclic) bond motifs is 1. The van der Waals surface area contributed by atoms with Gasteiger partial charge in [0.25, 0.3) is 5.56 Å². The molecule has 0 saturated heterocycles. The van der Waals surface area contributed by atoms with Gasteiger partial charge in [0.2, 0.25) is 5.82 Å². The van der Waals surface area contributed by atoms with Crippen molar-refractivity contribution < 1.29 is 1.43 Å². The normalized spacial score (nSPS) is 10.3. The van der Waals surface area contributed by atoms with Gasteiger partial charge < -0.3 is 0 Å². The van der Waals surface area contributed by atoms with Crippen LogP contribution in [0.25, 0.3) is 17.0 Å². The van der Waals surface area contributed by atoms with Crippen LogP contribution in [-0.4, -0.2) is 81.4 Å². The Kier molecular flexibility index (Phi) is 4.02. The number of aromatic nitrogens is 6. The van der Waals surface area contributed by atoms with Crippen molar-refractivity contribution in [1.29, 1.82) is 0 Å². The van der Waals surface area contributed by atoms with Gasteiger partial charge in [0.05, 0.1) is 0 Å².